The van der Waals surface area contributed by atoms with Gasteiger partial charge in [0.2, 0.25) is 0 Å². The molecule has 0 aliphatic carbocycles. The molecule has 1 aromatic rings. The lowest BCUT2D eigenvalue weighted by molar-refractivity contribution is -0.0735. The zero-order valence-corrected chi connectivity index (χ0v) is 19.8. The molecule has 8 nitrogen and oxygen atoms in total. The Morgan fingerprint density at radius 1 is 0.969 bits per heavy atom. The number of fused-ring (bicyclic) bond motifs is 1. The standard InChI is InChI=1S/C24H34N2O6/c1-23(2,3)31-21(28)25-12-11-18(20(15-25)30-22(29)32-24(4,5)6)26-13-16-9-7-8-10-17(16)19(27)14-26/h7-10,18,20H,11-15H2,1-6H3/t18-,20-/m1/s1. The number of likely N-dealkylation sites (tertiary alicyclic amines) is 1. The van der Waals surface area contributed by atoms with Crippen LogP contribution in [0.2, 0.25) is 0 Å². The van der Waals surface area contributed by atoms with E-state index in [9.17, 15) is 14.4 Å². The van der Waals surface area contributed by atoms with Crippen LogP contribution in [0.3, 0.4) is 0 Å². The number of rotatable bonds is 2. The van der Waals surface area contributed by atoms with Crippen LogP contribution in [-0.4, -0.2) is 70.8 Å². The highest BCUT2D eigenvalue weighted by molar-refractivity contribution is 5.99. The number of amides is 1. The first-order chi connectivity index (χ1) is 14.8. The van der Waals surface area contributed by atoms with E-state index >= 15 is 0 Å². The first-order valence-electron chi connectivity index (χ1n) is 11.0. The second kappa shape index (κ2) is 9.10. The fourth-order valence-corrected chi connectivity index (χ4v) is 4.04. The Balaban J connectivity index is 1.78. The number of Topliss-reactive ketones (excluding diaryl/α,β-unsaturated/α-hetero) is 1. The van der Waals surface area contributed by atoms with E-state index in [1.54, 1.807) is 25.7 Å². The second-order valence-electron chi connectivity index (χ2n) is 10.4. The summed E-state index contributed by atoms with van der Waals surface area (Å²) in [6.45, 7) is 12.1. The highest BCUT2D eigenvalue weighted by Gasteiger charge is 2.41. The van der Waals surface area contributed by atoms with Gasteiger partial charge in [-0.05, 0) is 53.5 Å². The topological polar surface area (TPSA) is 85.4 Å². The largest absolute Gasteiger partial charge is 0.509 e. The fraction of sp³-hybridized carbons (Fsp3) is 0.625. The molecule has 0 aromatic heterocycles. The molecule has 8 heteroatoms. The summed E-state index contributed by atoms with van der Waals surface area (Å²) < 4.78 is 16.6. The first kappa shape index (κ1) is 24.0. The Kier molecular flexibility index (Phi) is 6.83. The summed E-state index contributed by atoms with van der Waals surface area (Å²) in [5.41, 5.74) is 0.360. The summed E-state index contributed by atoms with van der Waals surface area (Å²) in [6.07, 6.45) is -1.34. The molecule has 2 aliphatic heterocycles. The number of carbonyl (C=O) groups is 3. The smallest absolute Gasteiger partial charge is 0.444 e. The van der Waals surface area contributed by atoms with Crippen LogP contribution in [0.1, 0.15) is 63.9 Å². The van der Waals surface area contributed by atoms with Gasteiger partial charge in [-0.2, -0.15) is 0 Å². The summed E-state index contributed by atoms with van der Waals surface area (Å²) in [4.78, 5) is 41.4. The van der Waals surface area contributed by atoms with Crippen LogP contribution in [0.15, 0.2) is 24.3 Å². The number of benzene rings is 1. The minimum Gasteiger partial charge on any atom is -0.444 e. The quantitative estimate of drug-likeness (QED) is 0.635. The molecule has 3 rings (SSSR count). The van der Waals surface area contributed by atoms with E-state index in [1.165, 1.54) is 0 Å². The monoisotopic (exact) mass is 446 g/mol. The third kappa shape index (κ3) is 6.22. The molecule has 1 saturated heterocycles. The number of hydrogen-bond acceptors (Lipinski definition) is 7. The van der Waals surface area contributed by atoms with Crippen LogP contribution >= 0.6 is 0 Å². The van der Waals surface area contributed by atoms with Crippen LogP contribution in [0.5, 0.6) is 0 Å². The Hall–Kier alpha value is -2.61. The van der Waals surface area contributed by atoms with Crippen molar-refractivity contribution in [1.29, 1.82) is 0 Å². The van der Waals surface area contributed by atoms with E-state index < -0.39 is 29.6 Å². The van der Waals surface area contributed by atoms with Crippen molar-refractivity contribution >= 4 is 18.0 Å². The van der Waals surface area contributed by atoms with E-state index in [-0.39, 0.29) is 24.9 Å². The van der Waals surface area contributed by atoms with Crippen molar-refractivity contribution in [2.24, 2.45) is 0 Å². The summed E-state index contributed by atoms with van der Waals surface area (Å²) in [6, 6.07) is 7.34. The molecule has 1 amide bonds. The lowest BCUT2D eigenvalue weighted by atomic mass is 9.93. The van der Waals surface area contributed by atoms with Gasteiger partial charge in [-0.1, -0.05) is 24.3 Å². The van der Waals surface area contributed by atoms with Crippen molar-refractivity contribution in [3.63, 3.8) is 0 Å². The predicted octanol–water partition coefficient (Wildman–Crippen LogP) is 4.01. The summed E-state index contributed by atoms with van der Waals surface area (Å²) in [5, 5.41) is 0. The van der Waals surface area contributed by atoms with Gasteiger partial charge in [-0.25, -0.2) is 9.59 Å². The average Bonchev–Trinajstić information content (AvgIpc) is 2.65. The minimum absolute atomic E-state index is 0.0393. The molecular weight excluding hydrogens is 412 g/mol. The zero-order chi connectivity index (χ0) is 23.7. The van der Waals surface area contributed by atoms with Gasteiger partial charge in [-0.15, -0.1) is 0 Å². The lowest BCUT2D eigenvalue weighted by Crippen LogP contribution is -2.58. The maximum absolute atomic E-state index is 12.7. The van der Waals surface area contributed by atoms with Crippen LogP contribution in [-0.2, 0) is 20.8 Å². The van der Waals surface area contributed by atoms with Gasteiger partial charge < -0.3 is 19.1 Å². The van der Waals surface area contributed by atoms with E-state index in [0.29, 0.717) is 19.5 Å². The van der Waals surface area contributed by atoms with Gasteiger partial charge in [0, 0.05) is 18.7 Å². The highest BCUT2D eigenvalue weighted by atomic mass is 16.7. The molecule has 0 N–H and O–H groups in total. The zero-order valence-electron chi connectivity index (χ0n) is 19.8. The molecule has 0 saturated carbocycles. The number of hydrogen-bond donors (Lipinski definition) is 0. The summed E-state index contributed by atoms with van der Waals surface area (Å²) in [5.74, 6) is 0.0393. The third-order valence-electron chi connectivity index (χ3n) is 5.32. The van der Waals surface area contributed by atoms with E-state index in [0.717, 1.165) is 11.1 Å². The van der Waals surface area contributed by atoms with Crippen molar-refractivity contribution in [1.82, 2.24) is 9.80 Å². The third-order valence-corrected chi connectivity index (χ3v) is 5.32. The van der Waals surface area contributed by atoms with Gasteiger partial charge in [0.25, 0.3) is 0 Å². The Labute approximate surface area is 189 Å². The highest BCUT2D eigenvalue weighted by Crippen LogP contribution is 2.28. The summed E-state index contributed by atoms with van der Waals surface area (Å²) >= 11 is 0. The first-order valence-corrected chi connectivity index (χ1v) is 11.0. The molecule has 0 radical (unpaired) electrons. The van der Waals surface area contributed by atoms with Gasteiger partial charge in [0.1, 0.15) is 17.3 Å². The van der Waals surface area contributed by atoms with Crippen molar-refractivity contribution in [3.05, 3.63) is 35.4 Å². The Bertz CT molecular complexity index is 870. The number of carbonyl (C=O) groups excluding carboxylic acids is 3. The van der Waals surface area contributed by atoms with E-state index in [4.69, 9.17) is 14.2 Å². The van der Waals surface area contributed by atoms with Crippen LogP contribution in [0.25, 0.3) is 0 Å². The maximum Gasteiger partial charge on any atom is 0.509 e. The molecule has 2 heterocycles. The number of ketones is 1. The van der Waals surface area contributed by atoms with Crippen LogP contribution < -0.4 is 0 Å². The van der Waals surface area contributed by atoms with Gasteiger partial charge in [0.05, 0.1) is 19.1 Å². The van der Waals surface area contributed by atoms with E-state index in [2.05, 4.69) is 0 Å². The average molecular weight is 447 g/mol. The van der Waals surface area contributed by atoms with Crippen molar-refractivity contribution in [3.8, 4) is 0 Å². The SMILES string of the molecule is CC(C)(C)OC(=O)O[C@@H]1CN(C(=O)OC(C)(C)C)CC[C@H]1N1CC(=O)c2ccccc2C1. The molecule has 2 atom stereocenters. The van der Waals surface area contributed by atoms with Gasteiger partial charge in [0.15, 0.2) is 5.78 Å². The molecule has 0 unspecified atom stereocenters. The van der Waals surface area contributed by atoms with Crippen molar-refractivity contribution < 1.29 is 28.6 Å². The molecule has 176 valence electrons. The number of piperidine rings is 1. The van der Waals surface area contributed by atoms with Crippen LogP contribution in [0, 0.1) is 0 Å². The Morgan fingerprint density at radius 3 is 2.28 bits per heavy atom. The lowest BCUT2D eigenvalue weighted by Gasteiger charge is -2.44. The number of nitrogens with zero attached hydrogens (tertiary/aromatic N) is 2. The molecule has 1 fully saturated rings. The molecule has 2 aliphatic rings. The van der Waals surface area contributed by atoms with Crippen LogP contribution in [0.4, 0.5) is 9.59 Å². The molecule has 0 bridgehead atoms. The summed E-state index contributed by atoms with van der Waals surface area (Å²) in [7, 11) is 0. The Morgan fingerprint density at radius 2 is 1.62 bits per heavy atom. The van der Waals surface area contributed by atoms with Gasteiger partial charge in [-0.3, -0.25) is 9.69 Å². The van der Waals surface area contributed by atoms with Crippen molar-refractivity contribution in [2.45, 2.75) is 77.9 Å². The molecule has 1 aromatic carbocycles. The molecule has 32 heavy (non-hydrogen) atoms. The van der Waals surface area contributed by atoms with Gasteiger partial charge >= 0.3 is 12.2 Å². The predicted molar refractivity (Wildman–Crippen MR) is 119 cm³/mol. The maximum atomic E-state index is 12.7. The van der Waals surface area contributed by atoms with E-state index in [1.807, 2.05) is 49.9 Å². The molecule has 0 spiro atoms. The fourth-order valence-electron chi connectivity index (χ4n) is 4.04. The number of ether oxygens (including phenoxy) is 3. The molecular formula is C24H34N2O6. The minimum atomic E-state index is -0.790. The van der Waals surface area contributed by atoms with Crippen molar-refractivity contribution in [2.75, 3.05) is 19.6 Å². The second-order valence-corrected chi connectivity index (χ2v) is 10.4. The normalized spacial score (nSPS) is 22.2.